The van der Waals surface area contributed by atoms with Crippen molar-refractivity contribution in [3.8, 4) is 0 Å². The van der Waals surface area contributed by atoms with Gasteiger partial charge in [-0.25, -0.2) is 9.18 Å². The van der Waals surface area contributed by atoms with Gasteiger partial charge in [-0.05, 0) is 18.1 Å². The SMILES string of the molecule is NCC(=O)c1ccc(CN(CCc2ccccc2)C(=O)N2CCOCC2)c(F)c1. The molecule has 2 amide bonds. The molecule has 0 aromatic heterocycles. The Kier molecular flexibility index (Phi) is 7.32. The van der Waals surface area contributed by atoms with Gasteiger partial charge in [0, 0.05) is 30.8 Å². The smallest absolute Gasteiger partial charge is 0.320 e. The molecule has 0 saturated carbocycles. The maximum atomic E-state index is 14.6. The van der Waals surface area contributed by atoms with Crippen LogP contribution in [0.5, 0.6) is 0 Å². The maximum Gasteiger partial charge on any atom is 0.320 e. The highest BCUT2D eigenvalue weighted by molar-refractivity contribution is 5.97. The highest BCUT2D eigenvalue weighted by atomic mass is 19.1. The molecule has 0 radical (unpaired) electrons. The van der Waals surface area contributed by atoms with Gasteiger partial charge in [0.05, 0.1) is 26.3 Å². The van der Waals surface area contributed by atoms with Gasteiger partial charge in [-0.3, -0.25) is 4.79 Å². The lowest BCUT2D eigenvalue weighted by Gasteiger charge is -2.33. The van der Waals surface area contributed by atoms with E-state index in [0.717, 1.165) is 5.56 Å². The van der Waals surface area contributed by atoms with Crippen molar-refractivity contribution in [3.05, 3.63) is 71.0 Å². The molecular formula is C22H26FN3O3. The summed E-state index contributed by atoms with van der Waals surface area (Å²) in [4.78, 5) is 28.1. The highest BCUT2D eigenvalue weighted by Crippen LogP contribution is 2.16. The van der Waals surface area contributed by atoms with Gasteiger partial charge in [-0.1, -0.05) is 42.5 Å². The highest BCUT2D eigenvalue weighted by Gasteiger charge is 2.24. The van der Waals surface area contributed by atoms with E-state index < -0.39 is 5.82 Å². The lowest BCUT2D eigenvalue weighted by Crippen LogP contribution is -2.48. The minimum atomic E-state index is -0.510. The predicted molar refractivity (Wildman–Crippen MR) is 108 cm³/mol. The predicted octanol–water partition coefficient (Wildman–Crippen LogP) is 2.46. The van der Waals surface area contributed by atoms with Crippen LogP contribution < -0.4 is 5.73 Å². The number of ether oxygens (including phenoxy) is 1. The van der Waals surface area contributed by atoms with Crippen LogP contribution in [0.3, 0.4) is 0 Å². The Labute approximate surface area is 170 Å². The number of benzene rings is 2. The average Bonchev–Trinajstić information content (AvgIpc) is 2.77. The van der Waals surface area contributed by atoms with Gasteiger partial charge in [0.1, 0.15) is 5.82 Å². The number of Topliss-reactive ketones (excluding diaryl/α,β-unsaturated/α-hetero) is 1. The number of morpholine rings is 1. The molecule has 0 atom stereocenters. The summed E-state index contributed by atoms with van der Waals surface area (Å²) in [6, 6.07) is 14.0. The molecule has 2 aromatic rings. The van der Waals surface area contributed by atoms with Crippen LogP contribution in [0.1, 0.15) is 21.5 Å². The van der Waals surface area contributed by atoms with Crippen molar-refractivity contribution in [2.45, 2.75) is 13.0 Å². The van der Waals surface area contributed by atoms with E-state index in [1.807, 2.05) is 30.3 Å². The fourth-order valence-corrected chi connectivity index (χ4v) is 3.28. The number of ketones is 1. The summed E-state index contributed by atoms with van der Waals surface area (Å²) in [7, 11) is 0. The summed E-state index contributed by atoms with van der Waals surface area (Å²) in [5, 5.41) is 0. The van der Waals surface area contributed by atoms with E-state index >= 15 is 0 Å². The molecule has 2 aromatic carbocycles. The van der Waals surface area contributed by atoms with Crippen molar-refractivity contribution in [1.82, 2.24) is 9.80 Å². The zero-order chi connectivity index (χ0) is 20.6. The second-order valence-corrected chi connectivity index (χ2v) is 6.97. The number of carbonyl (C=O) groups is 2. The third kappa shape index (κ3) is 5.62. The zero-order valence-electron chi connectivity index (χ0n) is 16.4. The van der Waals surface area contributed by atoms with Gasteiger partial charge in [-0.2, -0.15) is 0 Å². The fourth-order valence-electron chi connectivity index (χ4n) is 3.28. The number of rotatable bonds is 7. The first-order valence-electron chi connectivity index (χ1n) is 9.75. The molecule has 0 aliphatic carbocycles. The molecule has 1 fully saturated rings. The normalized spacial score (nSPS) is 13.9. The van der Waals surface area contributed by atoms with Crippen LogP contribution in [0.4, 0.5) is 9.18 Å². The molecule has 29 heavy (non-hydrogen) atoms. The van der Waals surface area contributed by atoms with Gasteiger partial charge in [0.15, 0.2) is 5.78 Å². The third-order valence-electron chi connectivity index (χ3n) is 4.99. The second-order valence-electron chi connectivity index (χ2n) is 6.97. The number of carbonyl (C=O) groups excluding carboxylic acids is 2. The minimum Gasteiger partial charge on any atom is -0.378 e. The molecule has 1 aliphatic rings. The van der Waals surface area contributed by atoms with E-state index in [1.54, 1.807) is 21.9 Å². The molecule has 1 saturated heterocycles. The summed E-state index contributed by atoms with van der Waals surface area (Å²) in [6.07, 6.45) is 0.669. The summed E-state index contributed by atoms with van der Waals surface area (Å²) in [5.41, 5.74) is 7.07. The summed E-state index contributed by atoms with van der Waals surface area (Å²) >= 11 is 0. The number of hydrogen-bond donors (Lipinski definition) is 1. The van der Waals surface area contributed by atoms with Crippen LogP contribution in [-0.4, -0.2) is 61.0 Å². The van der Waals surface area contributed by atoms with E-state index in [4.69, 9.17) is 10.5 Å². The molecule has 1 aliphatic heterocycles. The van der Waals surface area contributed by atoms with E-state index in [0.29, 0.717) is 44.8 Å². The zero-order valence-corrected chi connectivity index (χ0v) is 16.4. The fraction of sp³-hybridized carbons (Fsp3) is 0.364. The number of amides is 2. The molecule has 2 N–H and O–H groups in total. The number of urea groups is 1. The molecule has 154 valence electrons. The number of hydrogen-bond acceptors (Lipinski definition) is 4. The minimum absolute atomic E-state index is 0.131. The van der Waals surface area contributed by atoms with E-state index in [1.165, 1.54) is 6.07 Å². The molecule has 1 heterocycles. The molecule has 0 bridgehead atoms. The average molecular weight is 399 g/mol. The van der Waals surface area contributed by atoms with Crippen LogP contribution in [0.2, 0.25) is 0 Å². The van der Waals surface area contributed by atoms with E-state index in [-0.39, 0.29) is 30.5 Å². The van der Waals surface area contributed by atoms with Gasteiger partial charge in [0.25, 0.3) is 0 Å². The first-order chi connectivity index (χ1) is 14.1. The molecule has 6 nitrogen and oxygen atoms in total. The van der Waals surface area contributed by atoms with Crippen molar-refractivity contribution in [2.24, 2.45) is 5.73 Å². The third-order valence-corrected chi connectivity index (χ3v) is 4.99. The van der Waals surface area contributed by atoms with Crippen molar-refractivity contribution in [1.29, 1.82) is 0 Å². The van der Waals surface area contributed by atoms with Crippen LogP contribution in [0, 0.1) is 5.82 Å². The largest absolute Gasteiger partial charge is 0.378 e. The topological polar surface area (TPSA) is 75.9 Å². The Balaban J connectivity index is 1.76. The summed E-state index contributed by atoms with van der Waals surface area (Å²) in [5.74, 6) is -0.829. The van der Waals surface area contributed by atoms with E-state index in [9.17, 15) is 14.0 Å². The van der Waals surface area contributed by atoms with Gasteiger partial charge >= 0.3 is 6.03 Å². The molecule has 7 heteroatoms. The molecule has 3 rings (SSSR count). The van der Waals surface area contributed by atoms with Crippen molar-refractivity contribution in [3.63, 3.8) is 0 Å². The summed E-state index contributed by atoms with van der Waals surface area (Å²) in [6.45, 7) is 2.47. The van der Waals surface area contributed by atoms with Gasteiger partial charge in [0.2, 0.25) is 0 Å². The Morgan fingerprint density at radius 3 is 2.48 bits per heavy atom. The van der Waals surface area contributed by atoms with E-state index in [2.05, 4.69) is 0 Å². The molecular weight excluding hydrogens is 373 g/mol. The second kappa shape index (κ2) is 10.1. The van der Waals surface area contributed by atoms with Crippen LogP contribution in [0.25, 0.3) is 0 Å². The first-order valence-corrected chi connectivity index (χ1v) is 9.75. The van der Waals surface area contributed by atoms with Crippen LogP contribution >= 0.6 is 0 Å². The Bertz CT molecular complexity index is 838. The van der Waals surface area contributed by atoms with Crippen molar-refractivity contribution < 1.29 is 18.7 Å². The molecule has 0 unspecified atom stereocenters. The first kappa shape index (κ1) is 21.0. The Morgan fingerprint density at radius 1 is 1.10 bits per heavy atom. The summed E-state index contributed by atoms with van der Waals surface area (Å²) < 4.78 is 19.9. The lowest BCUT2D eigenvalue weighted by molar-refractivity contribution is 0.0426. The Hall–Kier alpha value is -2.77. The monoisotopic (exact) mass is 399 g/mol. The quantitative estimate of drug-likeness (QED) is 0.726. The number of nitrogens with two attached hydrogens (primary N) is 1. The number of nitrogens with zero attached hydrogens (tertiary/aromatic N) is 2. The van der Waals surface area contributed by atoms with Gasteiger partial charge in [-0.15, -0.1) is 0 Å². The Morgan fingerprint density at radius 2 is 1.83 bits per heavy atom. The van der Waals surface area contributed by atoms with Crippen molar-refractivity contribution >= 4 is 11.8 Å². The maximum absolute atomic E-state index is 14.6. The van der Waals surface area contributed by atoms with Crippen molar-refractivity contribution in [2.75, 3.05) is 39.4 Å². The van der Waals surface area contributed by atoms with Gasteiger partial charge < -0.3 is 20.3 Å². The van der Waals surface area contributed by atoms with Crippen LogP contribution in [-0.2, 0) is 17.7 Å². The standard InChI is InChI=1S/C22H26FN3O3/c23-20-14-18(21(27)15-24)6-7-19(20)16-26(9-8-17-4-2-1-3-5-17)22(28)25-10-12-29-13-11-25/h1-7,14H,8-13,15-16,24H2. The number of halogens is 1. The molecule has 0 spiro atoms. The van der Waals surface area contributed by atoms with Crippen LogP contribution in [0.15, 0.2) is 48.5 Å². The lowest BCUT2D eigenvalue weighted by atomic mass is 10.1.